The lowest BCUT2D eigenvalue weighted by molar-refractivity contribution is 0.861. The van der Waals surface area contributed by atoms with Crippen molar-refractivity contribution in [3.63, 3.8) is 0 Å². The van der Waals surface area contributed by atoms with Gasteiger partial charge in [-0.25, -0.2) is 0 Å². The minimum atomic E-state index is 0.523. The summed E-state index contributed by atoms with van der Waals surface area (Å²) >= 11 is 0. The van der Waals surface area contributed by atoms with Crippen LogP contribution in [-0.4, -0.2) is 14.1 Å². The third-order valence-corrected chi connectivity index (χ3v) is 4.42. The first kappa shape index (κ1) is 17.4. The fourth-order valence-electron chi connectivity index (χ4n) is 3.09. The van der Waals surface area contributed by atoms with Gasteiger partial charge in [-0.2, -0.15) is 0 Å². The lowest BCUT2D eigenvalue weighted by Crippen LogP contribution is -2.01. The van der Waals surface area contributed by atoms with E-state index in [2.05, 4.69) is 74.7 Å². The largest absolute Gasteiger partial charge is 0.388 e. The van der Waals surface area contributed by atoms with Crippen molar-refractivity contribution >= 4 is 11.4 Å². The van der Waals surface area contributed by atoms with Crippen LogP contribution >= 0.6 is 0 Å². The molecule has 2 rings (SSSR count). The van der Waals surface area contributed by atoms with E-state index >= 15 is 0 Å². The van der Waals surface area contributed by atoms with Gasteiger partial charge in [0, 0.05) is 25.5 Å². The predicted octanol–water partition coefficient (Wildman–Crippen LogP) is 5.61. The molecule has 2 aromatic rings. The molecule has 0 radical (unpaired) electrons. The highest BCUT2D eigenvalue weighted by Crippen LogP contribution is 2.28. The Morgan fingerprint density at radius 3 is 1.39 bits per heavy atom. The van der Waals surface area contributed by atoms with Crippen LogP contribution in [0.5, 0.6) is 0 Å². The van der Waals surface area contributed by atoms with Crippen molar-refractivity contribution in [2.24, 2.45) is 0 Å². The molecule has 0 aliphatic heterocycles. The summed E-state index contributed by atoms with van der Waals surface area (Å²) in [6.45, 7) is 8.99. The molecule has 0 bridgehead atoms. The van der Waals surface area contributed by atoms with Gasteiger partial charge < -0.3 is 10.6 Å². The molecule has 0 aliphatic rings. The molecule has 0 aliphatic carbocycles. The van der Waals surface area contributed by atoms with Crippen LogP contribution in [-0.2, 0) is 6.42 Å². The maximum atomic E-state index is 3.30. The van der Waals surface area contributed by atoms with E-state index in [0.717, 1.165) is 6.42 Å². The normalized spacial score (nSPS) is 11.1. The molecule has 0 heterocycles. The summed E-state index contributed by atoms with van der Waals surface area (Å²) in [5.41, 5.74) is 8.00. The molecule has 0 unspecified atom stereocenters. The molecular weight excluding hydrogens is 280 g/mol. The molecule has 124 valence electrons. The van der Waals surface area contributed by atoms with Gasteiger partial charge in [-0.1, -0.05) is 52.0 Å². The monoisotopic (exact) mass is 310 g/mol. The zero-order valence-corrected chi connectivity index (χ0v) is 15.3. The average molecular weight is 310 g/mol. The summed E-state index contributed by atoms with van der Waals surface area (Å²) in [7, 11) is 3.98. The summed E-state index contributed by atoms with van der Waals surface area (Å²) in [6.07, 6.45) is 0.980. The molecule has 23 heavy (non-hydrogen) atoms. The lowest BCUT2D eigenvalue weighted by Gasteiger charge is -2.16. The Morgan fingerprint density at radius 1 is 0.696 bits per heavy atom. The van der Waals surface area contributed by atoms with E-state index in [4.69, 9.17) is 0 Å². The van der Waals surface area contributed by atoms with E-state index < -0.39 is 0 Å². The molecular formula is C21H30N2. The van der Waals surface area contributed by atoms with Crippen LogP contribution in [0.4, 0.5) is 11.4 Å². The van der Waals surface area contributed by atoms with Gasteiger partial charge in [0.15, 0.2) is 0 Å². The van der Waals surface area contributed by atoms with Gasteiger partial charge in [0.1, 0.15) is 0 Å². The van der Waals surface area contributed by atoms with Crippen molar-refractivity contribution in [3.8, 4) is 0 Å². The van der Waals surface area contributed by atoms with E-state index in [1.54, 1.807) is 0 Å². The lowest BCUT2D eigenvalue weighted by atomic mass is 9.93. The number of benzene rings is 2. The van der Waals surface area contributed by atoms with Gasteiger partial charge in [-0.3, -0.25) is 0 Å². The fourth-order valence-corrected chi connectivity index (χ4v) is 3.09. The second-order valence-electron chi connectivity index (χ2n) is 6.83. The molecule has 0 spiro atoms. The van der Waals surface area contributed by atoms with E-state index in [0.29, 0.717) is 11.8 Å². The Kier molecular flexibility index (Phi) is 5.70. The maximum Gasteiger partial charge on any atom is 0.0372 e. The number of hydrogen-bond acceptors (Lipinski definition) is 2. The van der Waals surface area contributed by atoms with Crippen LogP contribution in [0.25, 0.3) is 0 Å². The molecule has 0 amide bonds. The first-order valence-electron chi connectivity index (χ1n) is 8.57. The van der Waals surface area contributed by atoms with Crippen molar-refractivity contribution in [2.75, 3.05) is 24.7 Å². The third kappa shape index (κ3) is 4.07. The molecule has 2 N–H and O–H groups in total. The summed E-state index contributed by atoms with van der Waals surface area (Å²) in [5.74, 6) is 1.05. The highest BCUT2D eigenvalue weighted by atomic mass is 14.8. The first-order valence-corrected chi connectivity index (χ1v) is 8.57. The Balaban J connectivity index is 2.32. The van der Waals surface area contributed by atoms with Gasteiger partial charge >= 0.3 is 0 Å². The van der Waals surface area contributed by atoms with Crippen LogP contribution < -0.4 is 10.6 Å². The smallest absolute Gasteiger partial charge is 0.0372 e. The second-order valence-corrected chi connectivity index (χ2v) is 6.83. The Morgan fingerprint density at radius 2 is 1.09 bits per heavy atom. The van der Waals surface area contributed by atoms with Crippen molar-refractivity contribution in [1.29, 1.82) is 0 Å². The van der Waals surface area contributed by atoms with E-state index in [9.17, 15) is 0 Å². The maximum absolute atomic E-state index is 3.30. The summed E-state index contributed by atoms with van der Waals surface area (Å²) in [6, 6.07) is 13.6. The number of nitrogens with one attached hydrogen (secondary N) is 2. The van der Waals surface area contributed by atoms with Crippen LogP contribution in [0.3, 0.4) is 0 Å². The number of hydrogen-bond donors (Lipinski definition) is 2. The zero-order chi connectivity index (χ0) is 17.0. The highest BCUT2D eigenvalue weighted by molar-refractivity contribution is 5.56. The summed E-state index contributed by atoms with van der Waals surface area (Å²) in [4.78, 5) is 0. The molecule has 0 aromatic heterocycles. The van der Waals surface area contributed by atoms with Crippen molar-refractivity contribution in [2.45, 2.75) is 46.0 Å². The van der Waals surface area contributed by atoms with Gasteiger partial charge in [0.2, 0.25) is 0 Å². The second kappa shape index (κ2) is 7.54. The molecule has 2 heteroatoms. The molecule has 0 fully saturated rings. The zero-order valence-electron chi connectivity index (χ0n) is 15.3. The number of rotatable bonds is 6. The SMILES string of the molecule is CNc1ccc(Cc2ccc(NC)c(C(C)C)c2)cc1C(C)C. The van der Waals surface area contributed by atoms with Crippen LogP contribution in [0.2, 0.25) is 0 Å². The quantitative estimate of drug-likeness (QED) is 0.725. The Bertz CT molecular complexity index is 599. The fraction of sp³-hybridized carbons (Fsp3) is 0.429. The number of anilines is 2. The van der Waals surface area contributed by atoms with E-state index in [1.807, 2.05) is 14.1 Å². The molecule has 2 nitrogen and oxygen atoms in total. The summed E-state index contributed by atoms with van der Waals surface area (Å²) < 4.78 is 0. The average Bonchev–Trinajstić information content (AvgIpc) is 2.54. The standard InChI is InChI=1S/C21H30N2/c1-14(2)18-12-16(7-9-20(18)22-5)11-17-8-10-21(23-6)19(13-17)15(3)4/h7-10,12-15,22-23H,11H2,1-6H3. The Labute approximate surface area is 141 Å². The molecule has 0 saturated carbocycles. The minimum Gasteiger partial charge on any atom is -0.388 e. The molecule has 0 saturated heterocycles. The third-order valence-electron chi connectivity index (χ3n) is 4.42. The van der Waals surface area contributed by atoms with Crippen molar-refractivity contribution in [1.82, 2.24) is 0 Å². The topological polar surface area (TPSA) is 24.1 Å². The van der Waals surface area contributed by atoms with Crippen LogP contribution in [0.15, 0.2) is 36.4 Å². The first-order chi connectivity index (χ1) is 11.0. The predicted molar refractivity (Wildman–Crippen MR) is 103 cm³/mol. The Hall–Kier alpha value is -1.96. The van der Waals surface area contributed by atoms with Gasteiger partial charge in [-0.05, 0) is 52.6 Å². The summed E-state index contributed by atoms with van der Waals surface area (Å²) in [5, 5.41) is 6.60. The van der Waals surface area contributed by atoms with E-state index in [1.165, 1.54) is 33.6 Å². The van der Waals surface area contributed by atoms with Gasteiger partial charge in [0.05, 0.1) is 0 Å². The molecule has 2 aromatic carbocycles. The van der Waals surface area contributed by atoms with Crippen LogP contribution in [0, 0.1) is 0 Å². The van der Waals surface area contributed by atoms with Gasteiger partial charge in [-0.15, -0.1) is 0 Å². The minimum absolute atomic E-state index is 0.523. The van der Waals surface area contributed by atoms with Crippen molar-refractivity contribution in [3.05, 3.63) is 58.7 Å². The molecule has 0 atom stereocenters. The highest BCUT2D eigenvalue weighted by Gasteiger charge is 2.10. The van der Waals surface area contributed by atoms with Gasteiger partial charge in [0.25, 0.3) is 0 Å². The van der Waals surface area contributed by atoms with E-state index in [-0.39, 0.29) is 0 Å². The van der Waals surface area contributed by atoms with Crippen molar-refractivity contribution < 1.29 is 0 Å². The van der Waals surface area contributed by atoms with Crippen LogP contribution in [0.1, 0.15) is 61.8 Å².